The maximum Gasteiger partial charge on any atom is 0.254 e. The molecule has 1 N–H and O–H groups in total. The van der Waals surface area contributed by atoms with Crippen LogP contribution >= 0.6 is 15.9 Å². The molecular weight excluding hydrogens is 272 g/mol. The van der Waals surface area contributed by atoms with Crippen molar-refractivity contribution in [1.82, 2.24) is 4.98 Å². The molecule has 1 aliphatic rings. The molecule has 1 saturated heterocycles. The molecule has 0 aromatic carbocycles. The van der Waals surface area contributed by atoms with Gasteiger partial charge in [-0.3, -0.25) is 4.79 Å². The van der Waals surface area contributed by atoms with Crippen LogP contribution in [0.5, 0.6) is 0 Å². The molecule has 1 aromatic heterocycles. The van der Waals surface area contributed by atoms with Crippen LogP contribution in [0.2, 0.25) is 0 Å². The van der Waals surface area contributed by atoms with Crippen LogP contribution in [0, 0.1) is 0 Å². The summed E-state index contributed by atoms with van der Waals surface area (Å²) >= 11 is 3.33. The number of halogens is 1. The monoisotopic (exact) mass is 284 g/mol. The lowest BCUT2D eigenvalue weighted by molar-refractivity contribution is -0.126. The highest BCUT2D eigenvalue weighted by molar-refractivity contribution is 9.10. The molecule has 16 heavy (non-hydrogen) atoms. The number of ether oxygens (including phenoxy) is 1. The number of anilines is 1. The molecule has 2 atom stereocenters. The van der Waals surface area contributed by atoms with Crippen LogP contribution in [-0.2, 0) is 9.53 Å². The Bertz CT molecular complexity index is 397. The van der Waals surface area contributed by atoms with Crippen molar-refractivity contribution in [3.8, 4) is 0 Å². The average Bonchev–Trinajstić information content (AvgIpc) is 2.68. The average molecular weight is 285 g/mol. The van der Waals surface area contributed by atoms with E-state index in [0.717, 1.165) is 17.3 Å². The van der Waals surface area contributed by atoms with Crippen molar-refractivity contribution in [2.24, 2.45) is 0 Å². The first-order valence-corrected chi connectivity index (χ1v) is 6.03. The highest BCUT2D eigenvalue weighted by Crippen LogP contribution is 2.22. The molecule has 2 unspecified atom stereocenters. The van der Waals surface area contributed by atoms with Crippen molar-refractivity contribution in [2.75, 3.05) is 5.32 Å². The lowest BCUT2D eigenvalue weighted by Crippen LogP contribution is -2.28. The number of amides is 1. The smallest absolute Gasteiger partial charge is 0.254 e. The van der Waals surface area contributed by atoms with Crippen molar-refractivity contribution < 1.29 is 9.53 Å². The number of rotatable bonds is 2. The minimum atomic E-state index is -0.344. The SMILES string of the molecule is CC1CCC(C(=O)Nc2ncccc2Br)O1. The van der Waals surface area contributed by atoms with Crippen molar-refractivity contribution >= 4 is 27.7 Å². The second kappa shape index (κ2) is 4.93. The Morgan fingerprint density at radius 3 is 3.06 bits per heavy atom. The third-order valence-corrected chi connectivity index (χ3v) is 3.16. The van der Waals surface area contributed by atoms with Gasteiger partial charge in [-0.2, -0.15) is 0 Å². The largest absolute Gasteiger partial charge is 0.365 e. The fraction of sp³-hybridized carbons (Fsp3) is 0.455. The molecular formula is C11H13BrN2O2. The van der Waals surface area contributed by atoms with Gasteiger partial charge in [0, 0.05) is 6.20 Å². The minimum Gasteiger partial charge on any atom is -0.365 e. The fourth-order valence-electron chi connectivity index (χ4n) is 1.67. The van der Waals surface area contributed by atoms with Gasteiger partial charge in [0.15, 0.2) is 0 Å². The van der Waals surface area contributed by atoms with Gasteiger partial charge in [-0.1, -0.05) is 0 Å². The second-order valence-corrected chi connectivity index (χ2v) is 4.69. The third-order valence-electron chi connectivity index (χ3n) is 2.52. The van der Waals surface area contributed by atoms with E-state index in [4.69, 9.17) is 4.74 Å². The van der Waals surface area contributed by atoms with E-state index in [1.807, 2.05) is 13.0 Å². The Morgan fingerprint density at radius 1 is 1.62 bits per heavy atom. The number of aromatic nitrogens is 1. The molecule has 0 aliphatic carbocycles. The summed E-state index contributed by atoms with van der Waals surface area (Å²) in [7, 11) is 0. The fourth-order valence-corrected chi connectivity index (χ4v) is 2.02. The maximum absolute atomic E-state index is 11.8. The summed E-state index contributed by atoms with van der Waals surface area (Å²) in [6.45, 7) is 1.98. The van der Waals surface area contributed by atoms with Crippen LogP contribution in [0.4, 0.5) is 5.82 Å². The second-order valence-electron chi connectivity index (χ2n) is 3.84. The highest BCUT2D eigenvalue weighted by Gasteiger charge is 2.28. The van der Waals surface area contributed by atoms with Crippen LogP contribution in [0.25, 0.3) is 0 Å². The lowest BCUT2D eigenvalue weighted by atomic mass is 10.2. The van der Waals surface area contributed by atoms with Gasteiger partial charge in [0.2, 0.25) is 0 Å². The zero-order valence-corrected chi connectivity index (χ0v) is 10.5. The molecule has 1 aliphatic heterocycles. The standard InChI is InChI=1S/C11H13BrN2O2/c1-7-4-5-9(16-7)11(15)14-10-8(12)3-2-6-13-10/h2-3,6-7,9H,4-5H2,1H3,(H,13,14,15). The van der Waals surface area contributed by atoms with Crippen LogP contribution < -0.4 is 5.32 Å². The van der Waals surface area contributed by atoms with Crippen molar-refractivity contribution in [1.29, 1.82) is 0 Å². The van der Waals surface area contributed by atoms with Gasteiger partial charge < -0.3 is 10.1 Å². The van der Waals surface area contributed by atoms with E-state index in [2.05, 4.69) is 26.2 Å². The molecule has 86 valence electrons. The molecule has 2 rings (SSSR count). The zero-order chi connectivity index (χ0) is 11.5. The van der Waals surface area contributed by atoms with E-state index < -0.39 is 0 Å². The molecule has 4 nitrogen and oxygen atoms in total. The van der Waals surface area contributed by atoms with Gasteiger partial charge in [0.1, 0.15) is 11.9 Å². The van der Waals surface area contributed by atoms with Crippen molar-refractivity contribution in [3.63, 3.8) is 0 Å². The summed E-state index contributed by atoms with van der Waals surface area (Å²) < 4.78 is 6.25. The number of hydrogen-bond donors (Lipinski definition) is 1. The number of pyridine rings is 1. The number of carbonyl (C=O) groups is 1. The number of hydrogen-bond acceptors (Lipinski definition) is 3. The van der Waals surface area contributed by atoms with Gasteiger partial charge in [-0.25, -0.2) is 4.98 Å². The molecule has 1 aromatic rings. The number of carbonyl (C=O) groups excluding carboxylic acids is 1. The van der Waals surface area contributed by atoms with Gasteiger partial charge in [0.05, 0.1) is 10.6 Å². The van der Waals surface area contributed by atoms with Crippen molar-refractivity contribution in [3.05, 3.63) is 22.8 Å². The Balaban J connectivity index is 2.00. The highest BCUT2D eigenvalue weighted by atomic mass is 79.9. The minimum absolute atomic E-state index is 0.122. The van der Waals surface area contributed by atoms with Crippen molar-refractivity contribution in [2.45, 2.75) is 32.0 Å². The van der Waals surface area contributed by atoms with E-state index >= 15 is 0 Å². The Kier molecular flexibility index (Phi) is 3.56. The summed E-state index contributed by atoms with van der Waals surface area (Å²) in [5.74, 6) is 0.416. The van der Waals surface area contributed by atoms with Crippen LogP contribution in [0.15, 0.2) is 22.8 Å². The van der Waals surface area contributed by atoms with Crippen LogP contribution in [0.1, 0.15) is 19.8 Å². The van der Waals surface area contributed by atoms with Gasteiger partial charge in [0.25, 0.3) is 5.91 Å². The first-order valence-electron chi connectivity index (χ1n) is 5.23. The Labute approximate surface area is 103 Å². The van der Waals surface area contributed by atoms with E-state index in [-0.39, 0.29) is 18.1 Å². The summed E-state index contributed by atoms with van der Waals surface area (Å²) in [4.78, 5) is 15.9. The van der Waals surface area contributed by atoms with E-state index in [1.165, 1.54) is 0 Å². The zero-order valence-electron chi connectivity index (χ0n) is 8.94. The molecule has 1 fully saturated rings. The van der Waals surface area contributed by atoms with E-state index in [0.29, 0.717) is 5.82 Å². The lowest BCUT2D eigenvalue weighted by Gasteiger charge is -2.11. The molecule has 2 heterocycles. The Morgan fingerprint density at radius 2 is 2.44 bits per heavy atom. The normalized spacial score (nSPS) is 24.4. The summed E-state index contributed by atoms with van der Waals surface area (Å²) in [6, 6.07) is 3.63. The van der Waals surface area contributed by atoms with E-state index in [1.54, 1.807) is 12.3 Å². The summed E-state index contributed by atoms with van der Waals surface area (Å²) in [6.07, 6.45) is 3.17. The summed E-state index contributed by atoms with van der Waals surface area (Å²) in [5, 5.41) is 2.75. The maximum atomic E-state index is 11.8. The quantitative estimate of drug-likeness (QED) is 0.907. The third kappa shape index (κ3) is 2.59. The predicted octanol–water partition coefficient (Wildman–Crippen LogP) is 2.35. The first kappa shape index (κ1) is 11.5. The molecule has 5 heteroatoms. The Hall–Kier alpha value is -0.940. The predicted molar refractivity (Wildman–Crippen MR) is 64.1 cm³/mol. The van der Waals surface area contributed by atoms with E-state index in [9.17, 15) is 4.79 Å². The van der Waals surface area contributed by atoms with Crippen LogP contribution in [-0.4, -0.2) is 23.1 Å². The molecule has 0 saturated carbocycles. The molecule has 0 radical (unpaired) electrons. The summed E-state index contributed by atoms with van der Waals surface area (Å²) in [5.41, 5.74) is 0. The van der Waals surface area contributed by atoms with Crippen LogP contribution in [0.3, 0.4) is 0 Å². The topological polar surface area (TPSA) is 51.2 Å². The van der Waals surface area contributed by atoms with Gasteiger partial charge in [-0.15, -0.1) is 0 Å². The number of nitrogens with zero attached hydrogens (tertiary/aromatic N) is 1. The van der Waals surface area contributed by atoms with Gasteiger partial charge >= 0.3 is 0 Å². The molecule has 1 amide bonds. The van der Waals surface area contributed by atoms with Gasteiger partial charge in [-0.05, 0) is 47.8 Å². The molecule has 0 bridgehead atoms. The molecule has 0 spiro atoms. The number of nitrogens with one attached hydrogen (secondary N) is 1. The first-order chi connectivity index (χ1) is 7.66.